The Kier molecular flexibility index (Phi) is 6.27. The minimum absolute atomic E-state index is 0.0612. The van der Waals surface area contributed by atoms with Crippen molar-refractivity contribution in [1.29, 1.82) is 0 Å². The first-order valence-corrected chi connectivity index (χ1v) is 12.0. The second-order valence-electron chi connectivity index (χ2n) is 9.31. The van der Waals surface area contributed by atoms with Crippen molar-refractivity contribution in [2.75, 3.05) is 37.4 Å². The molecule has 0 atom stereocenters. The summed E-state index contributed by atoms with van der Waals surface area (Å²) >= 11 is 0. The molecule has 0 aromatic heterocycles. The van der Waals surface area contributed by atoms with Crippen molar-refractivity contribution in [3.63, 3.8) is 0 Å². The summed E-state index contributed by atoms with van der Waals surface area (Å²) in [5.74, 6) is 0.0612. The highest BCUT2D eigenvalue weighted by molar-refractivity contribution is 5.96. The quantitative estimate of drug-likeness (QED) is 0.573. The maximum absolute atomic E-state index is 13.0. The third-order valence-electron chi connectivity index (χ3n) is 6.74. The molecule has 0 fully saturated rings. The number of nitrogens with zero attached hydrogens (tertiary/aromatic N) is 3. The Hall–Kier alpha value is -4.06. The predicted octanol–water partition coefficient (Wildman–Crippen LogP) is 5.23. The molecule has 0 spiro atoms. The average molecular weight is 467 g/mol. The molecule has 5 rings (SSSR count). The van der Waals surface area contributed by atoms with Crippen LogP contribution in [0.15, 0.2) is 78.9 Å². The SMILES string of the molecule is CN(C)c1cccc(C(=O)N2CC=C(c3ccc(NC(=O)N4Cc5ccccc5C4)cc3)CC2)c1. The van der Waals surface area contributed by atoms with E-state index >= 15 is 0 Å². The van der Waals surface area contributed by atoms with Crippen LogP contribution in [0.25, 0.3) is 5.57 Å². The normalized spacial score (nSPS) is 14.9. The van der Waals surface area contributed by atoms with Gasteiger partial charge in [0.1, 0.15) is 0 Å². The third kappa shape index (κ3) is 4.92. The summed E-state index contributed by atoms with van der Waals surface area (Å²) in [6, 6.07) is 23.8. The molecule has 0 saturated heterocycles. The Morgan fingerprint density at radius 2 is 1.57 bits per heavy atom. The van der Waals surface area contributed by atoms with Crippen molar-refractivity contribution in [3.8, 4) is 0 Å². The molecule has 0 unspecified atom stereocenters. The van der Waals surface area contributed by atoms with E-state index in [1.54, 1.807) is 0 Å². The number of hydrogen-bond donors (Lipinski definition) is 1. The molecular weight excluding hydrogens is 436 g/mol. The number of rotatable bonds is 4. The molecule has 0 bridgehead atoms. The largest absolute Gasteiger partial charge is 0.378 e. The second-order valence-corrected chi connectivity index (χ2v) is 9.31. The van der Waals surface area contributed by atoms with Crippen molar-refractivity contribution in [2.45, 2.75) is 19.5 Å². The third-order valence-corrected chi connectivity index (χ3v) is 6.74. The van der Waals surface area contributed by atoms with Crippen LogP contribution in [0, 0.1) is 0 Å². The van der Waals surface area contributed by atoms with E-state index < -0.39 is 0 Å². The number of carbonyl (C=O) groups is 2. The van der Waals surface area contributed by atoms with Gasteiger partial charge in [-0.1, -0.05) is 48.5 Å². The molecule has 2 aliphatic heterocycles. The summed E-state index contributed by atoms with van der Waals surface area (Å²) in [6.07, 6.45) is 2.93. The molecule has 178 valence electrons. The number of amides is 3. The van der Waals surface area contributed by atoms with E-state index in [2.05, 4.69) is 23.5 Å². The lowest BCUT2D eigenvalue weighted by molar-refractivity contribution is 0.0773. The number of fused-ring (bicyclic) bond motifs is 1. The molecule has 3 aromatic carbocycles. The van der Waals surface area contributed by atoms with Gasteiger partial charge in [-0.25, -0.2) is 4.79 Å². The first-order chi connectivity index (χ1) is 17.0. The molecule has 3 aromatic rings. The molecule has 35 heavy (non-hydrogen) atoms. The minimum Gasteiger partial charge on any atom is -0.378 e. The van der Waals surface area contributed by atoms with E-state index in [9.17, 15) is 9.59 Å². The van der Waals surface area contributed by atoms with E-state index in [1.165, 1.54) is 16.7 Å². The molecule has 2 aliphatic rings. The minimum atomic E-state index is -0.0849. The highest BCUT2D eigenvalue weighted by atomic mass is 16.2. The smallest absolute Gasteiger partial charge is 0.322 e. The molecule has 1 N–H and O–H groups in total. The summed E-state index contributed by atoms with van der Waals surface area (Å²) < 4.78 is 0. The first-order valence-electron chi connectivity index (χ1n) is 12.0. The zero-order chi connectivity index (χ0) is 24.4. The highest BCUT2D eigenvalue weighted by Crippen LogP contribution is 2.26. The second kappa shape index (κ2) is 9.66. The lowest BCUT2D eigenvalue weighted by atomic mass is 9.98. The zero-order valence-electron chi connectivity index (χ0n) is 20.2. The maximum Gasteiger partial charge on any atom is 0.322 e. The van der Waals surface area contributed by atoms with Gasteiger partial charge in [0, 0.05) is 57.2 Å². The Morgan fingerprint density at radius 1 is 0.857 bits per heavy atom. The topological polar surface area (TPSA) is 55.9 Å². The van der Waals surface area contributed by atoms with Crippen LogP contribution in [-0.2, 0) is 13.1 Å². The Morgan fingerprint density at radius 3 is 2.20 bits per heavy atom. The van der Waals surface area contributed by atoms with Crippen LogP contribution in [0.5, 0.6) is 0 Å². The van der Waals surface area contributed by atoms with Crippen molar-refractivity contribution in [1.82, 2.24) is 9.80 Å². The highest BCUT2D eigenvalue weighted by Gasteiger charge is 2.23. The molecule has 2 heterocycles. The van der Waals surface area contributed by atoms with Gasteiger partial charge in [0.2, 0.25) is 0 Å². The zero-order valence-corrected chi connectivity index (χ0v) is 20.2. The molecule has 0 aliphatic carbocycles. The lowest BCUT2D eigenvalue weighted by Gasteiger charge is -2.27. The van der Waals surface area contributed by atoms with Crippen LogP contribution in [0.4, 0.5) is 16.2 Å². The molecule has 0 saturated carbocycles. The maximum atomic E-state index is 13.0. The molecule has 3 amide bonds. The fourth-order valence-corrected chi connectivity index (χ4v) is 4.66. The Bertz CT molecular complexity index is 1250. The summed E-state index contributed by atoms with van der Waals surface area (Å²) in [5, 5.41) is 3.01. The van der Waals surface area contributed by atoms with Gasteiger partial charge < -0.3 is 20.0 Å². The van der Waals surface area contributed by atoms with Crippen LogP contribution in [0.1, 0.15) is 33.5 Å². The van der Waals surface area contributed by atoms with Crippen molar-refractivity contribution in [2.24, 2.45) is 0 Å². The summed E-state index contributed by atoms with van der Waals surface area (Å²) in [5.41, 5.74) is 7.28. The van der Waals surface area contributed by atoms with Crippen molar-refractivity contribution < 1.29 is 9.59 Å². The van der Waals surface area contributed by atoms with Crippen LogP contribution in [-0.4, -0.2) is 48.9 Å². The van der Waals surface area contributed by atoms with E-state index in [1.807, 2.05) is 89.5 Å². The van der Waals surface area contributed by atoms with Crippen molar-refractivity contribution >= 4 is 28.9 Å². The Labute approximate surface area is 206 Å². The first kappa shape index (κ1) is 22.7. The van der Waals surface area contributed by atoms with Gasteiger partial charge in [-0.3, -0.25) is 4.79 Å². The fourth-order valence-electron chi connectivity index (χ4n) is 4.66. The molecule has 0 radical (unpaired) electrons. The van der Waals surface area contributed by atoms with Gasteiger partial charge in [0.05, 0.1) is 0 Å². The number of anilines is 2. The summed E-state index contributed by atoms with van der Waals surface area (Å²) in [4.78, 5) is 31.4. The average Bonchev–Trinajstić information content (AvgIpc) is 3.34. The van der Waals surface area contributed by atoms with Crippen LogP contribution in [0.2, 0.25) is 0 Å². The number of hydrogen-bond acceptors (Lipinski definition) is 3. The van der Waals surface area contributed by atoms with Crippen molar-refractivity contribution in [3.05, 3.63) is 101 Å². The molecule has 6 heteroatoms. The van der Waals surface area contributed by atoms with E-state index in [0.29, 0.717) is 31.7 Å². The number of nitrogens with one attached hydrogen (secondary N) is 1. The summed E-state index contributed by atoms with van der Waals surface area (Å²) in [7, 11) is 3.95. The predicted molar refractivity (Wildman–Crippen MR) is 140 cm³/mol. The van der Waals surface area contributed by atoms with Gasteiger partial charge in [-0.05, 0) is 59.0 Å². The van der Waals surface area contributed by atoms with Crippen LogP contribution in [0.3, 0.4) is 0 Å². The Balaban J connectivity index is 1.18. The number of carbonyl (C=O) groups excluding carboxylic acids is 2. The van der Waals surface area contributed by atoms with Gasteiger partial charge in [-0.15, -0.1) is 0 Å². The summed E-state index contributed by atoms with van der Waals surface area (Å²) in [6.45, 7) is 2.56. The van der Waals surface area contributed by atoms with Gasteiger partial charge in [0.15, 0.2) is 0 Å². The number of urea groups is 1. The molecular formula is C29H30N4O2. The monoisotopic (exact) mass is 466 g/mol. The van der Waals surface area contributed by atoms with E-state index in [0.717, 1.165) is 23.4 Å². The number of benzene rings is 3. The van der Waals surface area contributed by atoms with Crippen LogP contribution >= 0.6 is 0 Å². The van der Waals surface area contributed by atoms with E-state index in [4.69, 9.17) is 0 Å². The van der Waals surface area contributed by atoms with Gasteiger partial charge in [-0.2, -0.15) is 0 Å². The standard InChI is InChI=1S/C29H30N4O2/c1-31(2)27-9-5-8-23(18-27)28(34)32-16-14-22(15-17-32)21-10-12-26(13-11-21)30-29(35)33-19-24-6-3-4-7-25(24)20-33/h3-14,18H,15-17,19-20H2,1-2H3,(H,30,35). The van der Waals surface area contributed by atoms with E-state index in [-0.39, 0.29) is 11.9 Å². The van der Waals surface area contributed by atoms with Gasteiger partial charge >= 0.3 is 6.03 Å². The fraction of sp³-hybridized carbons (Fsp3) is 0.241. The molecule has 6 nitrogen and oxygen atoms in total. The van der Waals surface area contributed by atoms with Crippen LogP contribution < -0.4 is 10.2 Å². The lowest BCUT2D eigenvalue weighted by Crippen LogP contribution is -2.34. The van der Waals surface area contributed by atoms with Gasteiger partial charge in [0.25, 0.3) is 5.91 Å².